The Balaban J connectivity index is 1.49. The van der Waals surface area contributed by atoms with E-state index in [0.717, 1.165) is 49.1 Å². The van der Waals surface area contributed by atoms with Gasteiger partial charge >= 0.3 is 0 Å². The molecule has 2 aromatic carbocycles. The first-order valence-electron chi connectivity index (χ1n) is 11.0. The molecule has 32 heavy (non-hydrogen) atoms. The Morgan fingerprint density at radius 2 is 2.09 bits per heavy atom. The maximum atomic E-state index is 12.8. The molecule has 0 aliphatic carbocycles. The van der Waals surface area contributed by atoms with Gasteiger partial charge < -0.3 is 24.7 Å². The highest BCUT2D eigenvalue weighted by Gasteiger charge is 2.22. The van der Waals surface area contributed by atoms with Gasteiger partial charge in [-0.05, 0) is 61.3 Å². The van der Waals surface area contributed by atoms with E-state index < -0.39 is 0 Å². The second-order valence-corrected chi connectivity index (χ2v) is 8.45. The second kappa shape index (κ2) is 10.6. The van der Waals surface area contributed by atoms with Crippen LogP contribution in [0.15, 0.2) is 59.4 Å². The summed E-state index contributed by atoms with van der Waals surface area (Å²) < 4.78 is 11.2. The van der Waals surface area contributed by atoms with Gasteiger partial charge in [-0.25, -0.2) is 0 Å². The van der Waals surface area contributed by atoms with Gasteiger partial charge in [-0.2, -0.15) is 0 Å². The molecule has 1 aliphatic heterocycles. The predicted molar refractivity (Wildman–Crippen MR) is 131 cm³/mol. The topological polar surface area (TPSA) is 66.6 Å². The van der Waals surface area contributed by atoms with Gasteiger partial charge in [0.2, 0.25) is 0 Å². The van der Waals surface area contributed by atoms with Crippen molar-refractivity contribution in [2.75, 3.05) is 26.8 Å². The highest BCUT2D eigenvalue weighted by atomic mass is 32.1. The summed E-state index contributed by atoms with van der Waals surface area (Å²) in [5.74, 6) is 0.754. The minimum absolute atomic E-state index is 0.105. The summed E-state index contributed by atoms with van der Waals surface area (Å²) in [5, 5.41) is 4.94. The van der Waals surface area contributed by atoms with Gasteiger partial charge in [-0.1, -0.05) is 30.3 Å². The van der Waals surface area contributed by atoms with Crippen LogP contribution >= 0.6 is 12.2 Å². The van der Waals surface area contributed by atoms with Gasteiger partial charge in [0.25, 0.3) is 5.56 Å². The van der Waals surface area contributed by atoms with Gasteiger partial charge in [-0.3, -0.25) is 4.79 Å². The fourth-order valence-corrected chi connectivity index (χ4v) is 4.24. The molecule has 2 N–H and O–H groups in total. The SMILES string of the molecule is COc1ccc2[nH]c(=O)c(CN(C[C@H]3CCCO3)C(=S)NCCc3ccccc3)cc2c1. The lowest BCUT2D eigenvalue weighted by atomic mass is 10.1. The van der Waals surface area contributed by atoms with Gasteiger partial charge in [0.15, 0.2) is 5.11 Å². The summed E-state index contributed by atoms with van der Waals surface area (Å²) in [6, 6.07) is 17.9. The Morgan fingerprint density at radius 1 is 1.25 bits per heavy atom. The summed E-state index contributed by atoms with van der Waals surface area (Å²) in [6.07, 6.45) is 3.08. The molecule has 6 nitrogen and oxygen atoms in total. The number of hydrogen-bond acceptors (Lipinski definition) is 4. The Hall–Kier alpha value is -2.90. The van der Waals surface area contributed by atoms with Crippen LogP contribution in [0.1, 0.15) is 24.0 Å². The van der Waals surface area contributed by atoms with E-state index in [2.05, 4.69) is 22.4 Å². The van der Waals surface area contributed by atoms with Crippen molar-refractivity contribution >= 4 is 28.2 Å². The van der Waals surface area contributed by atoms with E-state index in [9.17, 15) is 4.79 Å². The summed E-state index contributed by atoms with van der Waals surface area (Å²) in [6.45, 7) is 2.59. The zero-order valence-corrected chi connectivity index (χ0v) is 19.1. The Labute approximate surface area is 193 Å². The van der Waals surface area contributed by atoms with Crippen molar-refractivity contribution in [3.63, 3.8) is 0 Å². The van der Waals surface area contributed by atoms with E-state index in [-0.39, 0.29) is 11.7 Å². The van der Waals surface area contributed by atoms with Crippen molar-refractivity contribution in [1.82, 2.24) is 15.2 Å². The molecule has 1 aromatic heterocycles. The van der Waals surface area contributed by atoms with E-state index in [4.69, 9.17) is 21.7 Å². The fourth-order valence-electron chi connectivity index (χ4n) is 4.00. The van der Waals surface area contributed by atoms with Crippen molar-refractivity contribution in [1.29, 1.82) is 0 Å². The molecule has 0 saturated carbocycles. The molecule has 0 spiro atoms. The minimum atomic E-state index is -0.105. The van der Waals surface area contributed by atoms with Crippen LogP contribution in [0.25, 0.3) is 10.9 Å². The first kappa shape index (κ1) is 22.3. The average Bonchev–Trinajstić information content (AvgIpc) is 3.32. The van der Waals surface area contributed by atoms with E-state index >= 15 is 0 Å². The smallest absolute Gasteiger partial charge is 0.253 e. The molecule has 2 heterocycles. The first-order chi connectivity index (χ1) is 15.6. The van der Waals surface area contributed by atoms with Crippen LogP contribution in [0.3, 0.4) is 0 Å². The number of aromatic nitrogens is 1. The third-order valence-corrected chi connectivity index (χ3v) is 6.16. The standard InChI is InChI=1S/C25H29N3O3S/c1-30-21-9-10-23-19(15-21)14-20(24(29)27-23)16-28(17-22-8-5-13-31-22)25(32)26-12-11-18-6-3-2-4-7-18/h2-4,6-7,9-10,14-15,22H,5,8,11-13,16-17H2,1H3,(H,26,32)(H,27,29)/t22-/m1/s1. The number of fused-ring (bicyclic) bond motifs is 1. The number of nitrogens with one attached hydrogen (secondary N) is 2. The van der Waals surface area contributed by atoms with Crippen LogP contribution in [-0.4, -0.2) is 47.9 Å². The number of methoxy groups -OCH3 is 1. The molecule has 7 heteroatoms. The van der Waals surface area contributed by atoms with Gasteiger partial charge in [0.05, 0.1) is 19.8 Å². The van der Waals surface area contributed by atoms with Crippen molar-refractivity contribution in [3.05, 3.63) is 76.1 Å². The number of rotatable bonds is 8. The number of pyridine rings is 1. The van der Waals surface area contributed by atoms with Crippen LogP contribution in [0.5, 0.6) is 5.75 Å². The highest BCUT2D eigenvalue weighted by molar-refractivity contribution is 7.80. The lowest BCUT2D eigenvalue weighted by molar-refractivity contribution is 0.0897. The van der Waals surface area contributed by atoms with Crippen LogP contribution in [-0.2, 0) is 17.7 Å². The first-order valence-corrected chi connectivity index (χ1v) is 11.4. The number of aromatic amines is 1. The number of nitrogens with zero attached hydrogens (tertiary/aromatic N) is 1. The third kappa shape index (κ3) is 5.66. The van der Waals surface area contributed by atoms with E-state index in [1.807, 2.05) is 47.4 Å². The normalized spacial score (nSPS) is 15.6. The zero-order valence-electron chi connectivity index (χ0n) is 18.3. The number of hydrogen-bond donors (Lipinski definition) is 2. The fraction of sp³-hybridized carbons (Fsp3) is 0.360. The molecule has 168 valence electrons. The lowest BCUT2D eigenvalue weighted by Gasteiger charge is -2.28. The molecular formula is C25H29N3O3S. The Kier molecular flexibility index (Phi) is 7.39. The second-order valence-electron chi connectivity index (χ2n) is 8.06. The Morgan fingerprint density at radius 3 is 2.84 bits per heavy atom. The molecule has 0 radical (unpaired) electrons. The molecule has 0 unspecified atom stereocenters. The number of H-pyrrole nitrogens is 1. The summed E-state index contributed by atoms with van der Waals surface area (Å²) in [4.78, 5) is 17.8. The number of ether oxygens (including phenoxy) is 2. The van der Waals surface area contributed by atoms with Gasteiger partial charge in [0, 0.05) is 36.2 Å². The van der Waals surface area contributed by atoms with E-state index in [1.54, 1.807) is 7.11 Å². The average molecular weight is 452 g/mol. The highest BCUT2D eigenvalue weighted by Crippen LogP contribution is 2.20. The van der Waals surface area contributed by atoms with Crippen molar-refractivity contribution in [3.8, 4) is 5.75 Å². The van der Waals surface area contributed by atoms with Crippen LogP contribution < -0.4 is 15.6 Å². The van der Waals surface area contributed by atoms with Crippen LogP contribution in [0, 0.1) is 0 Å². The lowest BCUT2D eigenvalue weighted by Crippen LogP contribution is -2.44. The number of benzene rings is 2. The van der Waals surface area contributed by atoms with Crippen molar-refractivity contribution in [2.45, 2.75) is 31.9 Å². The molecule has 3 aromatic rings. The van der Waals surface area contributed by atoms with Crippen LogP contribution in [0.2, 0.25) is 0 Å². The molecule has 1 saturated heterocycles. The van der Waals surface area contributed by atoms with Crippen molar-refractivity contribution < 1.29 is 9.47 Å². The molecular weight excluding hydrogens is 422 g/mol. The van der Waals surface area contributed by atoms with Gasteiger partial charge in [-0.15, -0.1) is 0 Å². The Bertz CT molecular complexity index is 1110. The monoisotopic (exact) mass is 451 g/mol. The van der Waals surface area contributed by atoms with Gasteiger partial charge in [0.1, 0.15) is 5.75 Å². The van der Waals surface area contributed by atoms with E-state index in [0.29, 0.717) is 23.8 Å². The van der Waals surface area contributed by atoms with Crippen molar-refractivity contribution in [2.24, 2.45) is 0 Å². The minimum Gasteiger partial charge on any atom is -0.497 e. The summed E-state index contributed by atoms with van der Waals surface area (Å²) in [5.41, 5.74) is 2.60. The zero-order chi connectivity index (χ0) is 22.3. The molecule has 0 bridgehead atoms. The third-order valence-electron chi connectivity index (χ3n) is 5.76. The molecule has 0 amide bonds. The quantitative estimate of drug-likeness (QED) is 0.510. The molecule has 1 fully saturated rings. The maximum Gasteiger partial charge on any atom is 0.253 e. The maximum absolute atomic E-state index is 12.8. The predicted octanol–water partition coefficient (Wildman–Crippen LogP) is 3.63. The molecule has 1 aliphatic rings. The molecule has 4 rings (SSSR count). The summed E-state index contributed by atoms with van der Waals surface area (Å²) in [7, 11) is 1.64. The summed E-state index contributed by atoms with van der Waals surface area (Å²) >= 11 is 5.73. The number of thiocarbonyl (C=S) groups is 1. The van der Waals surface area contributed by atoms with Crippen LogP contribution in [0.4, 0.5) is 0 Å². The largest absolute Gasteiger partial charge is 0.497 e. The van der Waals surface area contributed by atoms with E-state index in [1.165, 1.54) is 5.56 Å². The molecule has 1 atom stereocenters.